The van der Waals surface area contributed by atoms with Crippen molar-refractivity contribution >= 4 is 33.4 Å². The molecule has 1 aromatic heterocycles. The lowest BCUT2D eigenvalue weighted by atomic mass is 10.2. The van der Waals surface area contributed by atoms with Crippen LogP contribution in [0.2, 0.25) is 0 Å². The van der Waals surface area contributed by atoms with Gasteiger partial charge in [-0.1, -0.05) is 49.0 Å². The van der Waals surface area contributed by atoms with Crippen molar-refractivity contribution < 1.29 is 17.9 Å². The molecule has 204 valence electrons. The molecule has 2 heterocycles. The summed E-state index contributed by atoms with van der Waals surface area (Å²) in [6.45, 7) is 9.57. The number of carbonyl (C=O) groups excluding carboxylic acids is 1. The molecule has 0 saturated carbocycles. The first-order valence-corrected chi connectivity index (χ1v) is 15.3. The van der Waals surface area contributed by atoms with Gasteiger partial charge in [-0.15, -0.1) is 10.2 Å². The molecular formula is C27H35N5O4S2. The molecule has 0 radical (unpaired) electrons. The van der Waals surface area contributed by atoms with Crippen molar-refractivity contribution in [1.29, 1.82) is 0 Å². The van der Waals surface area contributed by atoms with Crippen LogP contribution in [0.5, 0.6) is 0 Å². The van der Waals surface area contributed by atoms with E-state index in [0.29, 0.717) is 42.8 Å². The van der Waals surface area contributed by atoms with E-state index in [-0.39, 0.29) is 28.6 Å². The molecule has 0 N–H and O–H groups in total. The van der Waals surface area contributed by atoms with Crippen molar-refractivity contribution in [3.05, 3.63) is 54.6 Å². The lowest BCUT2D eigenvalue weighted by Gasteiger charge is -2.27. The van der Waals surface area contributed by atoms with Gasteiger partial charge in [0.15, 0.2) is 11.0 Å². The van der Waals surface area contributed by atoms with Crippen LogP contribution >= 0.6 is 11.8 Å². The lowest BCUT2D eigenvalue weighted by molar-refractivity contribution is -0.116. The van der Waals surface area contributed by atoms with Crippen molar-refractivity contribution in [1.82, 2.24) is 19.1 Å². The molecule has 0 bridgehead atoms. The molecule has 1 aliphatic heterocycles. The van der Waals surface area contributed by atoms with Crippen LogP contribution in [0.15, 0.2) is 64.6 Å². The number of anilines is 1. The maximum Gasteiger partial charge on any atom is 0.243 e. The van der Waals surface area contributed by atoms with Crippen molar-refractivity contribution in [2.75, 3.05) is 37.0 Å². The van der Waals surface area contributed by atoms with Gasteiger partial charge in [-0.3, -0.25) is 9.36 Å². The van der Waals surface area contributed by atoms with E-state index >= 15 is 0 Å². The van der Waals surface area contributed by atoms with Gasteiger partial charge in [0.1, 0.15) is 0 Å². The zero-order valence-corrected chi connectivity index (χ0v) is 23.9. The number of nitrogens with zero attached hydrogens (tertiary/aromatic N) is 5. The van der Waals surface area contributed by atoms with Gasteiger partial charge < -0.3 is 9.64 Å². The molecule has 0 aliphatic carbocycles. The van der Waals surface area contributed by atoms with E-state index in [9.17, 15) is 13.2 Å². The smallest absolute Gasteiger partial charge is 0.243 e. The summed E-state index contributed by atoms with van der Waals surface area (Å²) in [7, 11) is -3.65. The van der Waals surface area contributed by atoms with E-state index in [1.807, 2.05) is 54.8 Å². The number of aromatic nitrogens is 3. The van der Waals surface area contributed by atoms with Crippen LogP contribution in [0.3, 0.4) is 0 Å². The van der Waals surface area contributed by atoms with Crippen molar-refractivity contribution in [2.24, 2.45) is 0 Å². The Morgan fingerprint density at radius 2 is 1.76 bits per heavy atom. The van der Waals surface area contributed by atoms with Gasteiger partial charge in [-0.05, 0) is 51.5 Å². The van der Waals surface area contributed by atoms with E-state index in [1.54, 1.807) is 23.1 Å². The minimum absolute atomic E-state index is 0.00431. The molecule has 1 fully saturated rings. The second-order valence-corrected chi connectivity index (χ2v) is 12.3. The first-order valence-electron chi connectivity index (χ1n) is 12.9. The van der Waals surface area contributed by atoms with Crippen LogP contribution in [0, 0.1) is 0 Å². The molecule has 38 heavy (non-hydrogen) atoms. The quantitative estimate of drug-likeness (QED) is 0.339. The molecule has 1 saturated heterocycles. The topological polar surface area (TPSA) is 97.6 Å². The average molecular weight is 558 g/mol. The molecule has 2 aromatic carbocycles. The normalized spacial score (nSPS) is 15.5. The van der Waals surface area contributed by atoms with Crippen LogP contribution in [-0.2, 0) is 19.6 Å². The summed E-state index contributed by atoms with van der Waals surface area (Å²) in [4.78, 5) is 15.3. The minimum atomic E-state index is -3.65. The summed E-state index contributed by atoms with van der Waals surface area (Å²) in [5.74, 6) is 0.764. The number of para-hydroxylation sites is 1. The van der Waals surface area contributed by atoms with E-state index < -0.39 is 10.0 Å². The number of benzene rings is 2. The molecule has 0 unspecified atom stereocenters. The molecule has 1 amide bonds. The molecular weight excluding hydrogens is 522 g/mol. The maximum atomic E-state index is 13.3. The second-order valence-electron chi connectivity index (χ2n) is 9.46. The molecule has 0 spiro atoms. The third kappa shape index (κ3) is 6.12. The highest BCUT2D eigenvalue weighted by molar-refractivity contribution is 7.99. The number of morpholine rings is 1. The molecule has 3 aromatic rings. The first-order chi connectivity index (χ1) is 18.2. The largest absolute Gasteiger partial charge is 0.379 e. The SMILES string of the molecule is CC[C@H](C)n1c(SCC(=O)N(c2ccccc2)C(C)C)nnc1-c1cccc(S(=O)(=O)N2CCOCC2)c1. The van der Waals surface area contributed by atoms with Gasteiger partial charge in [0.05, 0.1) is 23.9 Å². The fraction of sp³-hybridized carbons (Fsp3) is 0.444. The Morgan fingerprint density at radius 1 is 1.05 bits per heavy atom. The van der Waals surface area contributed by atoms with Crippen molar-refractivity contribution in [3.8, 4) is 11.4 Å². The molecule has 4 rings (SSSR count). The summed E-state index contributed by atoms with van der Waals surface area (Å²) in [5.41, 5.74) is 1.52. The summed E-state index contributed by atoms with van der Waals surface area (Å²) in [5, 5.41) is 9.49. The zero-order chi connectivity index (χ0) is 27.3. The number of hydrogen-bond acceptors (Lipinski definition) is 7. The Labute approximate surface area is 229 Å². The number of amides is 1. The Bertz CT molecular complexity index is 1340. The van der Waals surface area contributed by atoms with Gasteiger partial charge in [0.2, 0.25) is 15.9 Å². The maximum absolute atomic E-state index is 13.3. The summed E-state index contributed by atoms with van der Waals surface area (Å²) < 4.78 is 35.3. The monoisotopic (exact) mass is 557 g/mol. The third-order valence-electron chi connectivity index (χ3n) is 6.54. The van der Waals surface area contributed by atoms with Crippen LogP contribution in [0.4, 0.5) is 5.69 Å². The van der Waals surface area contributed by atoms with E-state index in [2.05, 4.69) is 24.0 Å². The average Bonchev–Trinajstić information content (AvgIpc) is 3.36. The van der Waals surface area contributed by atoms with Gasteiger partial charge in [0, 0.05) is 36.4 Å². The molecule has 9 nitrogen and oxygen atoms in total. The predicted octanol–water partition coefficient (Wildman–Crippen LogP) is 4.47. The lowest BCUT2D eigenvalue weighted by Crippen LogP contribution is -2.40. The predicted molar refractivity (Wildman–Crippen MR) is 150 cm³/mol. The number of hydrogen-bond donors (Lipinski definition) is 0. The van der Waals surface area contributed by atoms with E-state index in [0.717, 1.165) is 12.1 Å². The first kappa shape index (κ1) is 28.3. The zero-order valence-electron chi connectivity index (χ0n) is 22.3. The van der Waals surface area contributed by atoms with Gasteiger partial charge in [0.25, 0.3) is 0 Å². The fourth-order valence-corrected chi connectivity index (χ4v) is 6.75. The van der Waals surface area contributed by atoms with Crippen molar-refractivity contribution in [3.63, 3.8) is 0 Å². The van der Waals surface area contributed by atoms with Crippen LogP contribution in [-0.4, -0.2) is 71.5 Å². The molecule has 11 heteroatoms. The standard InChI is InChI=1S/C27H35N5O4S2/c1-5-21(4)32-26(22-10-9-13-24(18-22)38(34,35)30-14-16-36-17-15-30)28-29-27(32)37-19-25(33)31(20(2)3)23-11-7-6-8-12-23/h6-13,18,20-21H,5,14-17,19H2,1-4H3/t21-/m0/s1. The fourth-order valence-electron chi connectivity index (χ4n) is 4.40. The Balaban J connectivity index is 1.61. The Morgan fingerprint density at radius 3 is 2.42 bits per heavy atom. The number of thioether (sulfide) groups is 1. The van der Waals surface area contributed by atoms with E-state index in [1.165, 1.54) is 16.1 Å². The van der Waals surface area contributed by atoms with Gasteiger partial charge in [-0.2, -0.15) is 4.31 Å². The summed E-state index contributed by atoms with van der Waals surface area (Å²) in [6.07, 6.45) is 0.820. The highest BCUT2D eigenvalue weighted by atomic mass is 32.2. The van der Waals surface area contributed by atoms with Crippen LogP contribution in [0.25, 0.3) is 11.4 Å². The van der Waals surface area contributed by atoms with Gasteiger partial charge in [-0.25, -0.2) is 8.42 Å². The highest BCUT2D eigenvalue weighted by Gasteiger charge is 2.28. The Kier molecular flexibility index (Phi) is 9.24. The van der Waals surface area contributed by atoms with Gasteiger partial charge >= 0.3 is 0 Å². The summed E-state index contributed by atoms with van der Waals surface area (Å²) in [6, 6.07) is 16.5. The van der Waals surface area contributed by atoms with Crippen molar-refractivity contribution in [2.45, 2.75) is 56.3 Å². The third-order valence-corrected chi connectivity index (χ3v) is 9.36. The summed E-state index contributed by atoms with van der Waals surface area (Å²) >= 11 is 1.34. The highest BCUT2D eigenvalue weighted by Crippen LogP contribution is 2.31. The number of carbonyl (C=O) groups is 1. The molecule has 1 aliphatic rings. The minimum Gasteiger partial charge on any atom is -0.379 e. The van der Waals surface area contributed by atoms with E-state index in [4.69, 9.17) is 4.74 Å². The van der Waals surface area contributed by atoms with Crippen LogP contribution in [0.1, 0.15) is 40.2 Å². The number of rotatable bonds is 10. The Hall–Kier alpha value is -2.73. The number of sulfonamides is 1. The second kappa shape index (κ2) is 12.4. The molecule has 1 atom stereocenters. The number of ether oxygens (including phenoxy) is 1. The van der Waals surface area contributed by atoms with Crippen LogP contribution < -0.4 is 4.90 Å².